The molecule has 6 aromatic rings. The molecule has 0 radical (unpaired) electrons. The number of ether oxygens (including phenoxy) is 10. The maximum absolute atomic E-state index is 11.2. The van der Waals surface area contributed by atoms with Crippen LogP contribution in [0.5, 0.6) is 0 Å². The summed E-state index contributed by atoms with van der Waals surface area (Å²) in [5, 5.41) is 11.2. The molecule has 2 saturated heterocycles. The van der Waals surface area contributed by atoms with Crippen molar-refractivity contribution in [3.05, 3.63) is 228 Å². The molecule has 2 aliphatic heterocycles. The van der Waals surface area contributed by atoms with E-state index in [9.17, 15) is 5.11 Å². The van der Waals surface area contributed by atoms with Gasteiger partial charge in [0.2, 0.25) is 0 Å². The summed E-state index contributed by atoms with van der Waals surface area (Å²) in [6.45, 7) is 5.43. The fourth-order valence-corrected chi connectivity index (χ4v) is 8.50. The van der Waals surface area contributed by atoms with Crippen molar-refractivity contribution in [3.8, 4) is 0 Å². The van der Waals surface area contributed by atoms with Gasteiger partial charge in [-0.05, 0) is 39.8 Å². The molecule has 11 nitrogen and oxygen atoms in total. The van der Waals surface area contributed by atoms with E-state index in [0.717, 1.165) is 33.4 Å². The van der Waals surface area contributed by atoms with Gasteiger partial charge >= 0.3 is 0 Å². The zero-order chi connectivity index (χ0) is 47.3. The normalized spacial score (nSPS) is 24.7. The Labute approximate surface area is 406 Å². The number of aliphatic hydroxyl groups excluding tert-OH is 1. The summed E-state index contributed by atoms with van der Waals surface area (Å²) in [4.78, 5) is 0. The van der Waals surface area contributed by atoms with Gasteiger partial charge in [0.25, 0.3) is 0 Å². The lowest BCUT2D eigenvalue weighted by Crippen LogP contribution is -2.66. The molecule has 362 valence electrons. The fraction of sp³-hybridized carbons (Fsp3) is 0.345. The number of benzene rings is 6. The zero-order valence-corrected chi connectivity index (χ0v) is 39.0. The molecule has 0 amide bonds. The number of rotatable bonds is 26. The van der Waals surface area contributed by atoms with Crippen LogP contribution in [0.1, 0.15) is 39.8 Å². The van der Waals surface area contributed by atoms with E-state index in [-0.39, 0.29) is 39.6 Å². The van der Waals surface area contributed by atoms with E-state index >= 15 is 0 Å². The summed E-state index contributed by atoms with van der Waals surface area (Å²) in [5.74, 6) is 0. The van der Waals surface area contributed by atoms with Gasteiger partial charge in [0.05, 0.1) is 59.5 Å². The van der Waals surface area contributed by atoms with E-state index in [1.807, 2.05) is 182 Å². The van der Waals surface area contributed by atoms with Crippen molar-refractivity contribution in [1.29, 1.82) is 0 Å². The fourth-order valence-electron chi connectivity index (χ4n) is 8.50. The first-order valence-electron chi connectivity index (χ1n) is 23.8. The third-order valence-corrected chi connectivity index (χ3v) is 12.1. The van der Waals surface area contributed by atoms with Crippen LogP contribution in [0, 0.1) is 0 Å². The summed E-state index contributed by atoms with van der Waals surface area (Å²) >= 11 is 0. The Balaban J connectivity index is 1.18. The van der Waals surface area contributed by atoms with Gasteiger partial charge in [0.15, 0.2) is 12.6 Å². The van der Waals surface area contributed by atoms with Gasteiger partial charge in [-0.15, -0.1) is 6.58 Å². The highest BCUT2D eigenvalue weighted by atomic mass is 16.8. The maximum Gasteiger partial charge on any atom is 0.187 e. The van der Waals surface area contributed by atoms with Crippen LogP contribution < -0.4 is 0 Å². The van der Waals surface area contributed by atoms with Crippen molar-refractivity contribution < 1.29 is 52.5 Å². The van der Waals surface area contributed by atoms with Crippen molar-refractivity contribution in [1.82, 2.24) is 0 Å². The minimum Gasteiger partial charge on any atom is -0.394 e. The van der Waals surface area contributed by atoms with Gasteiger partial charge < -0.3 is 52.5 Å². The van der Waals surface area contributed by atoms with Crippen molar-refractivity contribution in [2.45, 2.75) is 107 Å². The van der Waals surface area contributed by atoms with Crippen LogP contribution in [0.4, 0.5) is 0 Å². The van der Waals surface area contributed by atoms with E-state index < -0.39 is 68.0 Å². The standard InChI is InChI=1S/C58H64O11/c1-2-3-34-61-57-55(65-40-47-30-18-8-19-31-47)54(64-39-46-28-16-7-17-29-46)52(50(68-57)42-60-36-43-22-10-4-11-23-43)69-58-56(66-41-48-32-20-9-21-33-48)53(63-38-45-26-14-6-15-27-45)51(49(35-59)67-58)62-37-44-24-12-5-13-25-44/h2,4-33,49-59H,1,3,34-42H2/t49-,50-,51+,52-,53+,54+,55-,56-,57-,58+/m1/s1. The summed E-state index contributed by atoms with van der Waals surface area (Å²) in [6.07, 6.45) is -6.31. The molecule has 0 aromatic heterocycles. The Morgan fingerprint density at radius 2 is 0.739 bits per heavy atom. The molecule has 0 aliphatic carbocycles. The predicted octanol–water partition coefficient (Wildman–Crippen LogP) is 9.55. The highest BCUT2D eigenvalue weighted by Crippen LogP contribution is 2.37. The summed E-state index contributed by atoms with van der Waals surface area (Å²) in [6, 6.07) is 59.6. The van der Waals surface area contributed by atoms with Crippen LogP contribution in [0.25, 0.3) is 0 Å². The molecular weight excluding hydrogens is 873 g/mol. The molecule has 69 heavy (non-hydrogen) atoms. The van der Waals surface area contributed by atoms with E-state index in [0.29, 0.717) is 19.6 Å². The molecule has 10 atom stereocenters. The summed E-state index contributed by atoms with van der Waals surface area (Å²) < 4.78 is 68.6. The Bertz CT molecular complexity index is 2310. The zero-order valence-electron chi connectivity index (χ0n) is 39.0. The van der Waals surface area contributed by atoms with Crippen molar-refractivity contribution in [2.24, 2.45) is 0 Å². The first-order valence-corrected chi connectivity index (χ1v) is 23.8. The molecule has 2 fully saturated rings. The Kier molecular flexibility index (Phi) is 19.7. The molecule has 11 heteroatoms. The molecule has 0 unspecified atom stereocenters. The summed E-state index contributed by atoms with van der Waals surface area (Å²) in [5.41, 5.74) is 5.77. The minimum atomic E-state index is -1.15. The van der Waals surface area contributed by atoms with Crippen LogP contribution in [0.3, 0.4) is 0 Å². The monoisotopic (exact) mass is 936 g/mol. The highest BCUT2D eigenvalue weighted by molar-refractivity contribution is 5.18. The van der Waals surface area contributed by atoms with E-state index in [4.69, 9.17) is 47.4 Å². The first-order chi connectivity index (χ1) is 34.1. The average molecular weight is 937 g/mol. The average Bonchev–Trinajstić information content (AvgIpc) is 3.40. The smallest absolute Gasteiger partial charge is 0.187 e. The Morgan fingerprint density at radius 3 is 1.14 bits per heavy atom. The van der Waals surface area contributed by atoms with E-state index in [2.05, 4.69) is 6.58 Å². The van der Waals surface area contributed by atoms with Crippen LogP contribution in [0.2, 0.25) is 0 Å². The van der Waals surface area contributed by atoms with E-state index in [1.54, 1.807) is 6.08 Å². The highest BCUT2D eigenvalue weighted by Gasteiger charge is 2.54. The van der Waals surface area contributed by atoms with Crippen molar-refractivity contribution in [3.63, 3.8) is 0 Å². The molecule has 2 heterocycles. The summed E-state index contributed by atoms with van der Waals surface area (Å²) in [7, 11) is 0. The molecule has 6 aromatic carbocycles. The van der Waals surface area contributed by atoms with Crippen molar-refractivity contribution >= 4 is 0 Å². The first kappa shape index (κ1) is 50.0. The van der Waals surface area contributed by atoms with E-state index in [1.165, 1.54) is 0 Å². The topological polar surface area (TPSA) is 113 Å². The number of hydrogen-bond donors (Lipinski definition) is 1. The second-order valence-corrected chi connectivity index (χ2v) is 17.1. The van der Waals surface area contributed by atoms with Gasteiger partial charge in [0.1, 0.15) is 48.8 Å². The predicted molar refractivity (Wildman–Crippen MR) is 261 cm³/mol. The minimum absolute atomic E-state index is 0.0971. The maximum atomic E-state index is 11.2. The quantitative estimate of drug-likeness (QED) is 0.0415. The molecule has 8 rings (SSSR count). The number of hydrogen-bond acceptors (Lipinski definition) is 11. The van der Waals surface area contributed by atoms with Crippen LogP contribution in [-0.2, 0) is 87.0 Å². The lowest BCUT2D eigenvalue weighted by molar-refractivity contribution is -0.377. The lowest BCUT2D eigenvalue weighted by atomic mass is 9.95. The van der Waals surface area contributed by atoms with Gasteiger partial charge in [-0.3, -0.25) is 0 Å². The third-order valence-electron chi connectivity index (χ3n) is 12.1. The molecular formula is C58H64O11. The van der Waals surface area contributed by atoms with Crippen LogP contribution in [-0.4, -0.2) is 86.3 Å². The van der Waals surface area contributed by atoms with Crippen LogP contribution in [0.15, 0.2) is 195 Å². The largest absolute Gasteiger partial charge is 0.394 e. The Hall–Kier alpha value is -5.38. The molecule has 0 spiro atoms. The van der Waals surface area contributed by atoms with Crippen molar-refractivity contribution in [2.75, 3.05) is 19.8 Å². The van der Waals surface area contributed by atoms with Gasteiger partial charge in [-0.25, -0.2) is 0 Å². The second kappa shape index (κ2) is 27.1. The lowest BCUT2D eigenvalue weighted by Gasteiger charge is -2.50. The Morgan fingerprint density at radius 1 is 0.391 bits per heavy atom. The SMILES string of the molecule is C=CCCO[C@@H]1O[C@H](COCc2ccccc2)[C@@H](O[C@@H]2O[C@H](CO)[C@H](OCc3ccccc3)[C@H](OCc3ccccc3)[C@H]2OCc2ccccc2)[C@H](OCc2ccccc2)[C@H]1OCc1ccccc1. The molecule has 1 N–H and O–H groups in total. The molecule has 0 saturated carbocycles. The molecule has 0 bridgehead atoms. The number of aliphatic hydroxyl groups is 1. The molecule has 2 aliphatic rings. The van der Waals surface area contributed by atoms with Crippen LogP contribution >= 0.6 is 0 Å². The second-order valence-electron chi connectivity index (χ2n) is 17.1. The van der Waals surface area contributed by atoms with Gasteiger partial charge in [-0.1, -0.05) is 188 Å². The van der Waals surface area contributed by atoms with Gasteiger partial charge in [-0.2, -0.15) is 0 Å². The van der Waals surface area contributed by atoms with Gasteiger partial charge in [0, 0.05) is 0 Å². The third kappa shape index (κ3) is 14.8.